The Morgan fingerprint density at radius 1 is 1.00 bits per heavy atom. The summed E-state index contributed by atoms with van der Waals surface area (Å²) in [5, 5.41) is 2.13. The predicted molar refractivity (Wildman–Crippen MR) is 108 cm³/mol. The van der Waals surface area contributed by atoms with Gasteiger partial charge in [0.1, 0.15) is 0 Å². The summed E-state index contributed by atoms with van der Waals surface area (Å²) >= 11 is 6.06. The Labute approximate surface area is 177 Å². The van der Waals surface area contributed by atoms with E-state index in [1.54, 1.807) is 0 Å². The number of carbonyl (C=O) groups excluding carboxylic acids is 1. The van der Waals surface area contributed by atoms with Crippen LogP contribution in [0.2, 0.25) is 5.02 Å². The number of halogens is 4. The van der Waals surface area contributed by atoms with Crippen molar-refractivity contribution in [2.24, 2.45) is 0 Å². The van der Waals surface area contributed by atoms with Crippen LogP contribution in [0.3, 0.4) is 0 Å². The van der Waals surface area contributed by atoms with Gasteiger partial charge in [-0.1, -0.05) is 36.6 Å². The predicted octanol–water partition coefficient (Wildman–Crippen LogP) is 5.18. The molecule has 10 heteroatoms. The molecule has 0 spiro atoms. The molecular formula is C20H20ClF3N2O3S. The van der Waals surface area contributed by atoms with Gasteiger partial charge in [-0.2, -0.15) is 17.5 Å². The molecule has 3 rings (SSSR count). The first-order chi connectivity index (χ1) is 14.1. The van der Waals surface area contributed by atoms with E-state index in [1.165, 1.54) is 28.6 Å². The van der Waals surface area contributed by atoms with Crippen LogP contribution in [0.15, 0.2) is 47.4 Å². The molecule has 1 aliphatic rings. The lowest BCUT2D eigenvalue weighted by atomic mass is 10.1. The summed E-state index contributed by atoms with van der Waals surface area (Å²) in [6, 6.07) is 8.18. The fourth-order valence-corrected chi connectivity index (χ4v) is 5.05. The molecule has 1 saturated heterocycles. The van der Waals surface area contributed by atoms with E-state index < -0.39 is 33.4 Å². The number of carbonyl (C=O) groups is 1. The zero-order chi connectivity index (χ0) is 21.9. The first-order valence-electron chi connectivity index (χ1n) is 9.38. The minimum absolute atomic E-state index is 0.0631. The van der Waals surface area contributed by atoms with E-state index in [2.05, 4.69) is 5.32 Å². The molecule has 1 heterocycles. The summed E-state index contributed by atoms with van der Waals surface area (Å²) in [7, 11) is -3.85. The summed E-state index contributed by atoms with van der Waals surface area (Å²) in [6.45, 7) is 0.761. The van der Waals surface area contributed by atoms with E-state index in [-0.39, 0.29) is 15.5 Å². The van der Waals surface area contributed by atoms with Crippen LogP contribution in [0.4, 0.5) is 18.9 Å². The maximum Gasteiger partial charge on any atom is 0.418 e. The third-order valence-corrected chi connectivity index (χ3v) is 7.09. The molecule has 1 N–H and O–H groups in total. The van der Waals surface area contributed by atoms with Crippen LogP contribution in [0, 0.1) is 0 Å². The number of hydrogen-bond acceptors (Lipinski definition) is 3. The molecule has 0 unspecified atom stereocenters. The van der Waals surface area contributed by atoms with Gasteiger partial charge < -0.3 is 5.32 Å². The van der Waals surface area contributed by atoms with Gasteiger partial charge in [-0.15, -0.1) is 0 Å². The molecule has 162 valence electrons. The minimum Gasteiger partial charge on any atom is -0.321 e. The fraction of sp³-hybridized carbons (Fsp3) is 0.350. The Balaban J connectivity index is 1.92. The van der Waals surface area contributed by atoms with Crippen molar-refractivity contribution in [1.82, 2.24) is 4.31 Å². The normalized spacial score (nSPS) is 16.1. The number of nitrogens with zero attached hydrogens (tertiary/aromatic N) is 1. The van der Waals surface area contributed by atoms with E-state index in [0.29, 0.717) is 13.1 Å². The Hall–Kier alpha value is -2.10. The third kappa shape index (κ3) is 4.96. The van der Waals surface area contributed by atoms with Crippen LogP contribution in [-0.2, 0) is 16.2 Å². The number of nitrogens with one attached hydrogen (secondary N) is 1. The van der Waals surface area contributed by atoms with Crippen molar-refractivity contribution in [1.29, 1.82) is 0 Å². The highest BCUT2D eigenvalue weighted by molar-refractivity contribution is 7.89. The average molecular weight is 461 g/mol. The van der Waals surface area contributed by atoms with Crippen molar-refractivity contribution in [3.05, 3.63) is 58.6 Å². The van der Waals surface area contributed by atoms with E-state index in [4.69, 9.17) is 11.6 Å². The van der Waals surface area contributed by atoms with E-state index in [9.17, 15) is 26.4 Å². The van der Waals surface area contributed by atoms with Crippen LogP contribution in [-0.4, -0.2) is 31.7 Å². The van der Waals surface area contributed by atoms with Gasteiger partial charge in [0.05, 0.1) is 26.7 Å². The van der Waals surface area contributed by atoms with Gasteiger partial charge in [0.2, 0.25) is 10.0 Å². The van der Waals surface area contributed by atoms with Crippen molar-refractivity contribution in [2.75, 3.05) is 18.4 Å². The lowest BCUT2D eigenvalue weighted by Crippen LogP contribution is -2.32. The second-order valence-electron chi connectivity index (χ2n) is 6.96. The van der Waals surface area contributed by atoms with Crippen LogP contribution in [0.1, 0.15) is 41.6 Å². The molecule has 0 bridgehead atoms. The van der Waals surface area contributed by atoms with Crippen molar-refractivity contribution in [3.63, 3.8) is 0 Å². The molecule has 0 aliphatic carbocycles. The van der Waals surface area contributed by atoms with Crippen molar-refractivity contribution in [3.8, 4) is 0 Å². The van der Waals surface area contributed by atoms with Crippen LogP contribution in [0.5, 0.6) is 0 Å². The average Bonchev–Trinajstić information content (AvgIpc) is 2.98. The summed E-state index contributed by atoms with van der Waals surface area (Å²) in [4.78, 5) is 12.5. The van der Waals surface area contributed by atoms with Gasteiger partial charge in [-0.05, 0) is 43.2 Å². The topological polar surface area (TPSA) is 66.5 Å². The molecule has 1 fully saturated rings. The molecule has 0 saturated carbocycles. The SMILES string of the molecule is O=C(Nc1ccccc1C(F)(F)F)c1cc(S(=O)(=O)N2CCCCCC2)ccc1Cl. The highest BCUT2D eigenvalue weighted by atomic mass is 35.5. The summed E-state index contributed by atoms with van der Waals surface area (Å²) in [5.41, 5.74) is -1.67. The summed E-state index contributed by atoms with van der Waals surface area (Å²) < 4.78 is 66.8. The van der Waals surface area contributed by atoms with Crippen molar-refractivity contribution < 1.29 is 26.4 Å². The van der Waals surface area contributed by atoms with E-state index >= 15 is 0 Å². The van der Waals surface area contributed by atoms with Crippen molar-refractivity contribution in [2.45, 2.75) is 36.8 Å². The number of rotatable bonds is 4. The lowest BCUT2D eigenvalue weighted by molar-refractivity contribution is -0.136. The number of anilines is 1. The van der Waals surface area contributed by atoms with Crippen LogP contribution < -0.4 is 5.32 Å². The number of para-hydroxylation sites is 1. The number of amides is 1. The summed E-state index contributed by atoms with van der Waals surface area (Å²) in [5.74, 6) is -0.926. The molecule has 0 aromatic heterocycles. The number of alkyl halides is 3. The highest BCUT2D eigenvalue weighted by Gasteiger charge is 2.34. The van der Waals surface area contributed by atoms with Gasteiger partial charge in [-0.3, -0.25) is 4.79 Å². The van der Waals surface area contributed by atoms with E-state index in [1.807, 2.05) is 0 Å². The van der Waals surface area contributed by atoms with Crippen molar-refractivity contribution >= 4 is 33.2 Å². The van der Waals surface area contributed by atoms with Gasteiger partial charge in [-0.25, -0.2) is 8.42 Å². The zero-order valence-electron chi connectivity index (χ0n) is 15.9. The molecule has 30 heavy (non-hydrogen) atoms. The third-order valence-electron chi connectivity index (χ3n) is 4.87. The first-order valence-corrected chi connectivity index (χ1v) is 11.2. The van der Waals surface area contributed by atoms with Gasteiger partial charge >= 0.3 is 6.18 Å². The Kier molecular flexibility index (Phi) is 6.74. The molecule has 0 radical (unpaired) electrons. The first kappa shape index (κ1) is 22.6. The number of hydrogen-bond donors (Lipinski definition) is 1. The minimum atomic E-state index is -4.66. The lowest BCUT2D eigenvalue weighted by Gasteiger charge is -2.20. The molecule has 2 aromatic rings. The number of benzene rings is 2. The van der Waals surface area contributed by atoms with Gasteiger partial charge in [0.25, 0.3) is 5.91 Å². The van der Waals surface area contributed by atoms with Gasteiger partial charge in [0, 0.05) is 13.1 Å². The second-order valence-corrected chi connectivity index (χ2v) is 9.30. The molecular weight excluding hydrogens is 441 g/mol. The van der Waals surface area contributed by atoms with Crippen LogP contribution in [0.25, 0.3) is 0 Å². The highest BCUT2D eigenvalue weighted by Crippen LogP contribution is 2.35. The zero-order valence-corrected chi connectivity index (χ0v) is 17.4. The Morgan fingerprint density at radius 2 is 1.63 bits per heavy atom. The monoisotopic (exact) mass is 460 g/mol. The molecule has 5 nitrogen and oxygen atoms in total. The summed E-state index contributed by atoms with van der Waals surface area (Å²) in [6.07, 6.45) is -1.29. The molecule has 1 aliphatic heterocycles. The maximum atomic E-state index is 13.2. The largest absolute Gasteiger partial charge is 0.418 e. The fourth-order valence-electron chi connectivity index (χ4n) is 3.30. The smallest absolute Gasteiger partial charge is 0.321 e. The standard InChI is InChI=1S/C20H20ClF3N2O3S/c21-17-10-9-14(30(28,29)26-11-5-1-2-6-12-26)13-15(17)19(27)25-18-8-4-3-7-16(18)20(22,23)24/h3-4,7-10,13H,1-2,5-6,11-12H2,(H,25,27). The van der Waals surface area contributed by atoms with Crippen LogP contribution >= 0.6 is 11.6 Å². The molecule has 1 amide bonds. The Bertz CT molecular complexity index is 1030. The maximum absolute atomic E-state index is 13.2. The van der Waals surface area contributed by atoms with Gasteiger partial charge in [0.15, 0.2) is 0 Å². The molecule has 2 aromatic carbocycles. The second kappa shape index (κ2) is 8.95. The Morgan fingerprint density at radius 3 is 2.27 bits per heavy atom. The quantitative estimate of drug-likeness (QED) is 0.684. The molecule has 0 atom stereocenters. The van der Waals surface area contributed by atoms with E-state index in [0.717, 1.165) is 43.9 Å². The number of sulfonamides is 1.